The molecule has 4 rings (SSSR count). The van der Waals surface area contributed by atoms with Crippen molar-refractivity contribution in [3.63, 3.8) is 0 Å². The molecule has 1 aromatic carbocycles. The van der Waals surface area contributed by atoms with Crippen molar-refractivity contribution in [2.75, 3.05) is 18.0 Å². The van der Waals surface area contributed by atoms with E-state index < -0.39 is 0 Å². The van der Waals surface area contributed by atoms with Gasteiger partial charge in [0.1, 0.15) is 0 Å². The lowest BCUT2D eigenvalue weighted by molar-refractivity contribution is 0.579. The Hall–Kier alpha value is -1.00. The van der Waals surface area contributed by atoms with Crippen molar-refractivity contribution in [3.8, 4) is 11.1 Å². The van der Waals surface area contributed by atoms with Crippen LogP contribution in [0.5, 0.6) is 0 Å². The maximum atomic E-state index is 6.45. The van der Waals surface area contributed by atoms with Crippen LogP contribution in [0.15, 0.2) is 23.6 Å². The van der Waals surface area contributed by atoms with Gasteiger partial charge in [-0.15, -0.1) is 11.3 Å². The molecule has 0 N–H and O–H groups in total. The Balaban J connectivity index is 1.92. The quantitative estimate of drug-likeness (QED) is 0.442. The Kier molecular flexibility index (Phi) is 4.85. The molecule has 6 heteroatoms. The lowest BCUT2D eigenvalue weighted by Crippen LogP contribution is -2.29. The average Bonchev–Trinajstić information content (AvgIpc) is 2.97. The molecule has 0 aliphatic carbocycles. The number of halogens is 3. The molecule has 0 bridgehead atoms. The Morgan fingerprint density at radius 3 is 2.36 bits per heavy atom. The summed E-state index contributed by atoms with van der Waals surface area (Å²) < 4.78 is 1.20. The number of thiophene rings is 1. The molecule has 0 spiro atoms. The van der Waals surface area contributed by atoms with E-state index in [2.05, 4.69) is 16.3 Å². The van der Waals surface area contributed by atoms with Crippen molar-refractivity contribution >= 4 is 62.0 Å². The van der Waals surface area contributed by atoms with Crippen LogP contribution in [0.25, 0.3) is 21.3 Å². The minimum absolute atomic E-state index is 0.538. The highest BCUT2D eigenvalue weighted by atomic mass is 35.5. The van der Waals surface area contributed by atoms with Crippen molar-refractivity contribution in [3.05, 3.63) is 44.3 Å². The van der Waals surface area contributed by atoms with Gasteiger partial charge in [-0.25, -0.2) is 0 Å². The second-order valence-electron chi connectivity index (χ2n) is 6.40. The molecular weight excluding hydrogens is 395 g/mol. The van der Waals surface area contributed by atoms with Gasteiger partial charge < -0.3 is 4.90 Å². The summed E-state index contributed by atoms with van der Waals surface area (Å²) in [5.74, 6) is 0. The first-order chi connectivity index (χ1) is 12.0. The number of nitrogens with zero attached hydrogens (tertiary/aromatic N) is 2. The van der Waals surface area contributed by atoms with Crippen LogP contribution in [0.2, 0.25) is 15.1 Å². The van der Waals surface area contributed by atoms with Crippen LogP contribution in [-0.2, 0) is 0 Å². The van der Waals surface area contributed by atoms with E-state index in [4.69, 9.17) is 39.8 Å². The predicted octanol–water partition coefficient (Wildman–Crippen LogP) is 7.22. The molecule has 3 heterocycles. The maximum Gasteiger partial charge on any atom is 0.0913 e. The molecule has 0 unspecified atom stereocenters. The maximum absolute atomic E-state index is 6.45. The summed E-state index contributed by atoms with van der Waals surface area (Å²) in [6.45, 7) is 4.25. The number of benzene rings is 1. The smallest absolute Gasteiger partial charge is 0.0913 e. The van der Waals surface area contributed by atoms with E-state index in [9.17, 15) is 0 Å². The van der Waals surface area contributed by atoms with Gasteiger partial charge in [-0.05, 0) is 44.4 Å². The highest BCUT2D eigenvalue weighted by Crippen LogP contribution is 2.44. The van der Waals surface area contributed by atoms with Crippen LogP contribution in [0, 0.1) is 6.92 Å². The molecule has 1 aliphatic heterocycles. The van der Waals surface area contributed by atoms with E-state index in [-0.39, 0.29) is 0 Å². The molecule has 25 heavy (non-hydrogen) atoms. The Morgan fingerprint density at radius 2 is 1.68 bits per heavy atom. The fourth-order valence-corrected chi connectivity index (χ4v) is 5.52. The number of rotatable bonds is 2. The van der Waals surface area contributed by atoms with Gasteiger partial charge in [0.2, 0.25) is 0 Å². The van der Waals surface area contributed by atoms with E-state index in [0.717, 1.165) is 35.4 Å². The normalized spacial score (nSPS) is 15.1. The third-order valence-electron chi connectivity index (χ3n) is 4.60. The summed E-state index contributed by atoms with van der Waals surface area (Å²) >= 11 is 20.7. The zero-order chi connectivity index (χ0) is 17.6. The molecule has 0 atom stereocenters. The lowest BCUT2D eigenvalue weighted by Gasteiger charge is -2.29. The topological polar surface area (TPSA) is 16.1 Å². The van der Waals surface area contributed by atoms with E-state index in [1.54, 1.807) is 23.5 Å². The molecule has 1 fully saturated rings. The average molecular weight is 412 g/mol. The van der Waals surface area contributed by atoms with Crippen molar-refractivity contribution in [1.29, 1.82) is 0 Å². The fourth-order valence-electron chi connectivity index (χ4n) is 3.46. The largest absolute Gasteiger partial charge is 0.370 e. The molecule has 2 nitrogen and oxygen atoms in total. The second-order valence-corrected chi connectivity index (χ2v) is 8.53. The molecule has 2 aromatic heterocycles. The van der Waals surface area contributed by atoms with Gasteiger partial charge in [-0.3, -0.25) is 4.98 Å². The molecule has 0 saturated carbocycles. The molecule has 130 valence electrons. The van der Waals surface area contributed by atoms with Crippen LogP contribution >= 0.6 is 46.1 Å². The number of aromatic nitrogens is 1. The number of fused-ring (bicyclic) bond motifs is 1. The van der Waals surface area contributed by atoms with Crippen LogP contribution in [-0.4, -0.2) is 18.1 Å². The SMILES string of the molecule is Cc1cc(N2CCCCC2)c2scc(-c3c(Cl)cc(Cl)cc3Cl)c2n1. The highest BCUT2D eigenvalue weighted by Gasteiger charge is 2.20. The Morgan fingerprint density at radius 1 is 1.00 bits per heavy atom. The molecule has 1 aliphatic rings. The third-order valence-corrected chi connectivity index (χ3v) is 6.41. The summed E-state index contributed by atoms with van der Waals surface area (Å²) in [6.07, 6.45) is 3.81. The zero-order valence-electron chi connectivity index (χ0n) is 13.8. The fraction of sp³-hybridized carbons (Fsp3) is 0.316. The highest BCUT2D eigenvalue weighted by molar-refractivity contribution is 7.18. The number of anilines is 1. The second kappa shape index (κ2) is 6.96. The summed E-state index contributed by atoms with van der Waals surface area (Å²) in [5, 5.41) is 3.75. The minimum Gasteiger partial charge on any atom is -0.370 e. The van der Waals surface area contributed by atoms with Gasteiger partial charge in [0.05, 0.1) is 25.9 Å². The number of pyridine rings is 1. The van der Waals surface area contributed by atoms with Gasteiger partial charge in [-0.2, -0.15) is 0 Å². The number of hydrogen-bond donors (Lipinski definition) is 0. The Labute approximate surface area is 166 Å². The standard InChI is InChI=1S/C19H17Cl3N2S/c1-11-7-16(24-5-3-2-4-6-24)19-18(23-11)13(10-25-19)17-14(21)8-12(20)9-15(17)22/h7-10H,2-6H2,1H3. The number of aryl methyl sites for hydroxylation is 1. The number of hydrogen-bond acceptors (Lipinski definition) is 3. The molecule has 3 aromatic rings. The number of piperidine rings is 1. The van der Waals surface area contributed by atoms with E-state index in [0.29, 0.717) is 15.1 Å². The summed E-state index contributed by atoms with van der Waals surface area (Å²) in [4.78, 5) is 7.28. The van der Waals surface area contributed by atoms with Gasteiger partial charge >= 0.3 is 0 Å². The predicted molar refractivity (Wildman–Crippen MR) is 111 cm³/mol. The molecular formula is C19H17Cl3N2S. The van der Waals surface area contributed by atoms with Gasteiger partial charge in [-0.1, -0.05) is 34.8 Å². The first-order valence-electron chi connectivity index (χ1n) is 8.33. The van der Waals surface area contributed by atoms with Crippen molar-refractivity contribution in [1.82, 2.24) is 4.98 Å². The summed E-state index contributed by atoms with van der Waals surface area (Å²) in [6, 6.07) is 5.66. The first-order valence-corrected chi connectivity index (χ1v) is 10.3. The van der Waals surface area contributed by atoms with Gasteiger partial charge in [0.25, 0.3) is 0 Å². The van der Waals surface area contributed by atoms with Crippen LogP contribution in [0.3, 0.4) is 0 Å². The van der Waals surface area contributed by atoms with Crippen molar-refractivity contribution in [2.24, 2.45) is 0 Å². The van der Waals surface area contributed by atoms with Crippen LogP contribution < -0.4 is 4.90 Å². The van der Waals surface area contributed by atoms with Crippen molar-refractivity contribution < 1.29 is 0 Å². The van der Waals surface area contributed by atoms with E-state index in [1.165, 1.54) is 29.6 Å². The molecule has 0 radical (unpaired) electrons. The Bertz CT molecular complexity index is 922. The van der Waals surface area contributed by atoms with E-state index >= 15 is 0 Å². The summed E-state index contributed by atoms with van der Waals surface area (Å²) in [5.41, 5.74) is 5.04. The third kappa shape index (κ3) is 3.23. The monoisotopic (exact) mass is 410 g/mol. The molecule has 1 saturated heterocycles. The van der Waals surface area contributed by atoms with Crippen LogP contribution in [0.4, 0.5) is 5.69 Å². The van der Waals surface area contributed by atoms with Crippen LogP contribution in [0.1, 0.15) is 25.0 Å². The molecule has 0 amide bonds. The lowest BCUT2D eigenvalue weighted by atomic mass is 10.1. The van der Waals surface area contributed by atoms with E-state index in [1.807, 2.05) is 6.92 Å². The van der Waals surface area contributed by atoms with Gasteiger partial charge in [0.15, 0.2) is 0 Å². The zero-order valence-corrected chi connectivity index (χ0v) is 16.9. The summed E-state index contributed by atoms with van der Waals surface area (Å²) in [7, 11) is 0. The van der Waals surface area contributed by atoms with Crippen molar-refractivity contribution in [2.45, 2.75) is 26.2 Å². The first kappa shape index (κ1) is 17.4. The van der Waals surface area contributed by atoms with Gasteiger partial charge in [0, 0.05) is 40.3 Å². The minimum atomic E-state index is 0.538.